The summed E-state index contributed by atoms with van der Waals surface area (Å²) in [6.07, 6.45) is 0.322. The van der Waals surface area contributed by atoms with Gasteiger partial charge in [0.15, 0.2) is 0 Å². The van der Waals surface area contributed by atoms with Gasteiger partial charge in [-0.15, -0.1) is 0 Å². The summed E-state index contributed by atoms with van der Waals surface area (Å²) < 4.78 is 0. The number of hydrogen-bond acceptors (Lipinski definition) is 3. The molecule has 0 radical (unpaired) electrons. The smallest absolute Gasteiger partial charge is 0.327 e. The second-order valence-corrected chi connectivity index (χ2v) is 5.03. The standard InChI is InChI=1S/C16H14N2O3/c1-10-5-4-7-12(17-10)15(19)18-13-8-3-2-6-11(13)9-14(18)16(20)21/h2-8,14H,9H2,1H3,(H,20,21)/t14-/m0/s1. The van der Waals surface area contributed by atoms with Crippen LogP contribution in [-0.4, -0.2) is 28.0 Å². The first-order chi connectivity index (χ1) is 10.1. The molecule has 0 bridgehead atoms. The fourth-order valence-electron chi connectivity index (χ4n) is 2.62. The van der Waals surface area contributed by atoms with E-state index < -0.39 is 12.0 Å². The van der Waals surface area contributed by atoms with E-state index in [2.05, 4.69) is 4.98 Å². The van der Waals surface area contributed by atoms with E-state index in [9.17, 15) is 14.7 Å². The Kier molecular flexibility index (Phi) is 3.17. The van der Waals surface area contributed by atoms with Gasteiger partial charge in [0.25, 0.3) is 5.91 Å². The minimum Gasteiger partial charge on any atom is -0.480 e. The van der Waals surface area contributed by atoms with Gasteiger partial charge in [-0.1, -0.05) is 24.3 Å². The predicted molar refractivity (Wildman–Crippen MR) is 77.4 cm³/mol. The van der Waals surface area contributed by atoms with Crippen molar-refractivity contribution in [3.05, 3.63) is 59.4 Å². The highest BCUT2D eigenvalue weighted by atomic mass is 16.4. The Morgan fingerprint density at radius 1 is 1.19 bits per heavy atom. The van der Waals surface area contributed by atoms with Crippen molar-refractivity contribution in [2.45, 2.75) is 19.4 Å². The number of aromatic nitrogens is 1. The van der Waals surface area contributed by atoms with Crippen LogP contribution in [0.15, 0.2) is 42.5 Å². The molecule has 1 aromatic carbocycles. The van der Waals surface area contributed by atoms with Crippen molar-refractivity contribution in [1.82, 2.24) is 4.98 Å². The van der Waals surface area contributed by atoms with Crippen molar-refractivity contribution < 1.29 is 14.7 Å². The average Bonchev–Trinajstić information content (AvgIpc) is 2.86. The van der Waals surface area contributed by atoms with Gasteiger partial charge in [0.05, 0.1) is 0 Å². The lowest BCUT2D eigenvalue weighted by molar-refractivity contribution is -0.138. The number of nitrogens with zero attached hydrogens (tertiary/aromatic N) is 2. The Labute approximate surface area is 121 Å². The number of aryl methyl sites for hydroxylation is 1. The van der Waals surface area contributed by atoms with Crippen LogP contribution in [0.25, 0.3) is 0 Å². The monoisotopic (exact) mass is 282 g/mol. The Bertz CT molecular complexity index is 727. The first-order valence-electron chi connectivity index (χ1n) is 6.66. The number of carboxylic acids is 1. The maximum absolute atomic E-state index is 12.7. The van der Waals surface area contributed by atoms with Crippen molar-refractivity contribution in [3.8, 4) is 0 Å². The molecule has 1 N–H and O–H groups in total. The molecule has 1 amide bonds. The molecule has 106 valence electrons. The molecule has 0 saturated heterocycles. The fraction of sp³-hybridized carbons (Fsp3) is 0.188. The van der Waals surface area contributed by atoms with Crippen LogP contribution in [0.2, 0.25) is 0 Å². The Balaban J connectivity index is 2.05. The number of hydrogen-bond donors (Lipinski definition) is 1. The largest absolute Gasteiger partial charge is 0.480 e. The molecule has 5 heteroatoms. The minimum absolute atomic E-state index is 0.262. The first kappa shape index (κ1) is 13.3. The molecule has 1 aromatic heterocycles. The molecule has 1 aliphatic heterocycles. The van der Waals surface area contributed by atoms with Gasteiger partial charge in [-0.05, 0) is 30.7 Å². The van der Waals surface area contributed by atoms with E-state index in [1.54, 1.807) is 37.3 Å². The Morgan fingerprint density at radius 2 is 1.95 bits per heavy atom. The Morgan fingerprint density at radius 3 is 2.67 bits per heavy atom. The number of aliphatic carboxylic acids is 1. The van der Waals surface area contributed by atoms with E-state index in [4.69, 9.17) is 0 Å². The molecule has 1 atom stereocenters. The maximum Gasteiger partial charge on any atom is 0.327 e. The third-order valence-corrected chi connectivity index (χ3v) is 3.59. The van der Waals surface area contributed by atoms with E-state index >= 15 is 0 Å². The van der Waals surface area contributed by atoms with E-state index in [0.717, 1.165) is 11.3 Å². The van der Waals surface area contributed by atoms with E-state index in [1.165, 1.54) is 4.90 Å². The number of rotatable bonds is 2. The second-order valence-electron chi connectivity index (χ2n) is 5.03. The quantitative estimate of drug-likeness (QED) is 0.915. The molecule has 1 aliphatic rings. The summed E-state index contributed by atoms with van der Waals surface area (Å²) in [6, 6.07) is 11.5. The van der Waals surface area contributed by atoms with Crippen LogP contribution in [0.5, 0.6) is 0 Å². The van der Waals surface area contributed by atoms with Crippen molar-refractivity contribution in [3.63, 3.8) is 0 Å². The summed E-state index contributed by atoms with van der Waals surface area (Å²) >= 11 is 0. The van der Waals surface area contributed by atoms with Crippen LogP contribution in [0.1, 0.15) is 21.7 Å². The number of carbonyl (C=O) groups is 2. The molecule has 0 spiro atoms. The summed E-state index contributed by atoms with van der Waals surface area (Å²) in [5.41, 5.74) is 2.50. The maximum atomic E-state index is 12.7. The zero-order valence-corrected chi connectivity index (χ0v) is 11.5. The van der Waals surface area contributed by atoms with Crippen LogP contribution >= 0.6 is 0 Å². The van der Waals surface area contributed by atoms with Gasteiger partial charge in [0.1, 0.15) is 11.7 Å². The number of pyridine rings is 1. The molecule has 3 rings (SSSR count). The molecular formula is C16H14N2O3. The number of carboxylic acid groups (broad SMARTS) is 1. The molecule has 5 nitrogen and oxygen atoms in total. The normalized spacial score (nSPS) is 16.6. The number of fused-ring (bicyclic) bond motifs is 1. The highest BCUT2D eigenvalue weighted by Gasteiger charge is 2.38. The molecule has 2 heterocycles. The van der Waals surface area contributed by atoms with Gasteiger partial charge in [0, 0.05) is 17.8 Å². The lowest BCUT2D eigenvalue weighted by Crippen LogP contribution is -2.43. The molecule has 0 aliphatic carbocycles. The van der Waals surface area contributed by atoms with Gasteiger partial charge in [-0.2, -0.15) is 0 Å². The lowest BCUT2D eigenvalue weighted by atomic mass is 10.1. The molecule has 2 aromatic rings. The third-order valence-electron chi connectivity index (χ3n) is 3.59. The number of anilines is 1. The Hall–Kier alpha value is -2.69. The minimum atomic E-state index is -1.01. The third kappa shape index (κ3) is 2.27. The molecule has 0 saturated carbocycles. The highest BCUT2D eigenvalue weighted by molar-refractivity contribution is 6.09. The van der Waals surface area contributed by atoms with Crippen molar-refractivity contribution in [2.24, 2.45) is 0 Å². The van der Waals surface area contributed by atoms with E-state index in [1.807, 2.05) is 12.1 Å². The van der Waals surface area contributed by atoms with Crippen LogP contribution in [-0.2, 0) is 11.2 Å². The van der Waals surface area contributed by atoms with Crippen LogP contribution in [0.3, 0.4) is 0 Å². The summed E-state index contributed by atoms with van der Waals surface area (Å²) in [7, 11) is 0. The highest BCUT2D eigenvalue weighted by Crippen LogP contribution is 2.33. The van der Waals surface area contributed by atoms with Gasteiger partial charge < -0.3 is 5.11 Å². The van der Waals surface area contributed by atoms with Crippen LogP contribution in [0, 0.1) is 6.92 Å². The second kappa shape index (κ2) is 5.01. The zero-order chi connectivity index (χ0) is 15.0. The van der Waals surface area contributed by atoms with Crippen molar-refractivity contribution in [2.75, 3.05) is 4.90 Å². The number of carbonyl (C=O) groups excluding carboxylic acids is 1. The summed E-state index contributed by atoms with van der Waals surface area (Å²) in [4.78, 5) is 29.7. The molecule has 21 heavy (non-hydrogen) atoms. The van der Waals surface area contributed by atoms with E-state index in [0.29, 0.717) is 12.1 Å². The summed E-state index contributed by atoms with van der Waals surface area (Å²) in [5, 5.41) is 9.39. The average molecular weight is 282 g/mol. The predicted octanol–water partition coefficient (Wildman–Crippen LogP) is 2.05. The van der Waals surface area contributed by atoms with Gasteiger partial charge in [-0.3, -0.25) is 9.69 Å². The molecule has 0 unspecified atom stereocenters. The topological polar surface area (TPSA) is 70.5 Å². The SMILES string of the molecule is Cc1cccc(C(=O)N2c3ccccc3C[C@H]2C(=O)O)n1. The van der Waals surface area contributed by atoms with E-state index in [-0.39, 0.29) is 11.6 Å². The van der Waals surface area contributed by atoms with Gasteiger partial charge in [-0.25, -0.2) is 9.78 Å². The van der Waals surface area contributed by atoms with Crippen LogP contribution in [0.4, 0.5) is 5.69 Å². The van der Waals surface area contributed by atoms with Crippen molar-refractivity contribution >= 4 is 17.6 Å². The number of benzene rings is 1. The lowest BCUT2D eigenvalue weighted by Gasteiger charge is -2.22. The molecule has 0 fully saturated rings. The fourth-order valence-corrected chi connectivity index (χ4v) is 2.62. The van der Waals surface area contributed by atoms with Crippen molar-refractivity contribution in [1.29, 1.82) is 0 Å². The van der Waals surface area contributed by atoms with Gasteiger partial charge in [0.2, 0.25) is 0 Å². The molecular weight excluding hydrogens is 268 g/mol. The van der Waals surface area contributed by atoms with Crippen LogP contribution < -0.4 is 4.90 Å². The number of para-hydroxylation sites is 1. The number of amides is 1. The first-order valence-corrected chi connectivity index (χ1v) is 6.66. The summed E-state index contributed by atoms with van der Waals surface area (Å²) in [6.45, 7) is 1.80. The zero-order valence-electron chi connectivity index (χ0n) is 11.5. The van der Waals surface area contributed by atoms with Gasteiger partial charge >= 0.3 is 5.97 Å². The summed E-state index contributed by atoms with van der Waals surface area (Å²) in [5.74, 6) is -1.39.